The molecule has 0 aliphatic rings. The van der Waals surface area contributed by atoms with Crippen LogP contribution >= 0.6 is 11.8 Å². The minimum absolute atomic E-state index is 0.648. The van der Waals surface area contributed by atoms with Crippen molar-refractivity contribution in [2.75, 3.05) is 18.1 Å². The molecule has 0 amide bonds. The first-order chi connectivity index (χ1) is 7.63. The first kappa shape index (κ1) is 13.4. The van der Waals surface area contributed by atoms with Gasteiger partial charge in [0.15, 0.2) is 0 Å². The monoisotopic (exact) mass is 241 g/mol. The molecule has 0 spiro atoms. The third kappa shape index (κ3) is 4.47. The number of aryl methyl sites for hydroxylation is 1. The second-order valence-corrected chi connectivity index (χ2v) is 5.83. The molecule has 1 heterocycles. The Labute approximate surface area is 103 Å². The first-order valence-corrected chi connectivity index (χ1v) is 7.20. The summed E-state index contributed by atoms with van der Waals surface area (Å²) in [6, 6.07) is 0. The van der Waals surface area contributed by atoms with Crippen LogP contribution in [0.5, 0.6) is 0 Å². The highest BCUT2D eigenvalue weighted by molar-refractivity contribution is 7.99. The fraction of sp³-hybridized carbons (Fsp3) is 0.750. The van der Waals surface area contributed by atoms with Crippen molar-refractivity contribution in [3.63, 3.8) is 0 Å². The molecule has 1 aromatic rings. The molecule has 0 bridgehead atoms. The smallest absolute Gasteiger partial charge is 0.202 e. The molecule has 1 N–H and O–H groups in total. The number of nitrogens with zero attached hydrogens (tertiary/aromatic N) is 2. The van der Waals surface area contributed by atoms with Crippen molar-refractivity contribution in [1.29, 1.82) is 0 Å². The van der Waals surface area contributed by atoms with E-state index >= 15 is 0 Å². The average molecular weight is 241 g/mol. The summed E-state index contributed by atoms with van der Waals surface area (Å²) in [6.07, 6.45) is 7.27. The highest BCUT2D eigenvalue weighted by Gasteiger charge is 2.05. The fourth-order valence-electron chi connectivity index (χ4n) is 1.39. The largest absolute Gasteiger partial charge is 0.355 e. The van der Waals surface area contributed by atoms with Crippen LogP contribution in [-0.4, -0.2) is 27.6 Å². The number of hydrogen-bond donors (Lipinski definition) is 1. The highest BCUT2D eigenvalue weighted by Crippen LogP contribution is 2.13. The van der Waals surface area contributed by atoms with Gasteiger partial charge in [-0.05, 0) is 18.6 Å². The molecule has 0 saturated carbocycles. The zero-order chi connectivity index (χ0) is 12.0. The molecule has 4 heteroatoms. The predicted octanol–water partition coefficient (Wildman–Crippen LogP) is 3.09. The summed E-state index contributed by atoms with van der Waals surface area (Å²) in [7, 11) is 0. The van der Waals surface area contributed by atoms with E-state index in [4.69, 9.17) is 0 Å². The predicted molar refractivity (Wildman–Crippen MR) is 73.1 cm³/mol. The number of hydrogen-bond acceptors (Lipinski definition) is 3. The summed E-state index contributed by atoms with van der Waals surface area (Å²) in [5.74, 6) is 1.65. The third-order valence-electron chi connectivity index (χ3n) is 2.56. The fourth-order valence-corrected chi connectivity index (χ4v) is 1.73. The van der Waals surface area contributed by atoms with E-state index in [1.165, 1.54) is 6.42 Å². The van der Waals surface area contributed by atoms with Crippen molar-refractivity contribution >= 4 is 17.7 Å². The van der Waals surface area contributed by atoms with E-state index in [0.29, 0.717) is 11.2 Å². The first-order valence-electron chi connectivity index (χ1n) is 5.91. The number of anilines is 1. The Morgan fingerprint density at radius 3 is 2.81 bits per heavy atom. The molecule has 3 nitrogen and oxygen atoms in total. The molecular weight excluding hydrogens is 218 g/mol. The van der Waals surface area contributed by atoms with Crippen molar-refractivity contribution in [2.24, 2.45) is 5.92 Å². The SMILES string of the molecule is CSC(C)CCn1ccnc1NCC(C)C. The number of nitrogens with one attached hydrogen (secondary N) is 1. The number of rotatable bonds is 7. The molecule has 1 unspecified atom stereocenters. The Morgan fingerprint density at radius 2 is 2.19 bits per heavy atom. The lowest BCUT2D eigenvalue weighted by Crippen LogP contribution is -2.13. The van der Waals surface area contributed by atoms with Gasteiger partial charge in [0, 0.05) is 30.7 Å². The van der Waals surface area contributed by atoms with E-state index in [0.717, 1.165) is 19.0 Å². The van der Waals surface area contributed by atoms with E-state index in [9.17, 15) is 0 Å². The Balaban J connectivity index is 2.43. The zero-order valence-electron chi connectivity index (χ0n) is 10.7. The molecule has 0 saturated heterocycles. The van der Waals surface area contributed by atoms with Gasteiger partial charge in [-0.2, -0.15) is 11.8 Å². The van der Waals surface area contributed by atoms with Crippen LogP contribution in [0.15, 0.2) is 12.4 Å². The molecule has 1 rings (SSSR count). The molecule has 0 radical (unpaired) electrons. The van der Waals surface area contributed by atoms with E-state index < -0.39 is 0 Å². The van der Waals surface area contributed by atoms with Crippen LogP contribution in [0.2, 0.25) is 0 Å². The standard InChI is InChI=1S/C12H23N3S/c1-10(2)9-14-12-13-6-8-15(12)7-5-11(3)16-4/h6,8,10-11H,5,7,9H2,1-4H3,(H,13,14). The highest BCUT2D eigenvalue weighted by atomic mass is 32.2. The Hall–Kier alpha value is -0.640. The van der Waals surface area contributed by atoms with Crippen molar-refractivity contribution < 1.29 is 0 Å². The Morgan fingerprint density at radius 1 is 1.44 bits per heavy atom. The summed E-state index contributed by atoms with van der Waals surface area (Å²) in [4.78, 5) is 4.34. The molecule has 1 aromatic heterocycles. The topological polar surface area (TPSA) is 29.9 Å². The molecule has 0 aromatic carbocycles. The van der Waals surface area contributed by atoms with E-state index in [-0.39, 0.29) is 0 Å². The van der Waals surface area contributed by atoms with E-state index in [2.05, 4.69) is 48.1 Å². The lowest BCUT2D eigenvalue weighted by molar-refractivity contribution is 0.631. The van der Waals surface area contributed by atoms with Gasteiger partial charge in [-0.25, -0.2) is 4.98 Å². The van der Waals surface area contributed by atoms with Crippen molar-refractivity contribution in [3.05, 3.63) is 12.4 Å². The lowest BCUT2D eigenvalue weighted by atomic mass is 10.2. The molecule has 1 atom stereocenters. The number of aromatic nitrogens is 2. The second-order valence-electron chi connectivity index (χ2n) is 4.55. The van der Waals surface area contributed by atoms with Gasteiger partial charge < -0.3 is 9.88 Å². The van der Waals surface area contributed by atoms with Crippen LogP contribution in [0.25, 0.3) is 0 Å². The molecular formula is C12H23N3S. The minimum Gasteiger partial charge on any atom is -0.355 e. The Bertz CT molecular complexity index is 296. The molecule has 0 aliphatic heterocycles. The summed E-state index contributed by atoms with van der Waals surface area (Å²) >= 11 is 1.92. The summed E-state index contributed by atoms with van der Waals surface area (Å²) in [5.41, 5.74) is 0. The van der Waals surface area contributed by atoms with Gasteiger partial charge >= 0.3 is 0 Å². The van der Waals surface area contributed by atoms with E-state index in [1.807, 2.05) is 18.0 Å². The van der Waals surface area contributed by atoms with Crippen LogP contribution < -0.4 is 5.32 Å². The summed E-state index contributed by atoms with van der Waals surface area (Å²) in [5, 5.41) is 4.09. The molecule has 0 aliphatic carbocycles. The van der Waals surface area contributed by atoms with Gasteiger partial charge in [-0.1, -0.05) is 20.8 Å². The van der Waals surface area contributed by atoms with Crippen LogP contribution in [0.1, 0.15) is 27.2 Å². The van der Waals surface area contributed by atoms with Crippen molar-refractivity contribution in [2.45, 2.75) is 39.0 Å². The van der Waals surface area contributed by atoms with E-state index in [1.54, 1.807) is 0 Å². The maximum atomic E-state index is 4.34. The third-order valence-corrected chi connectivity index (χ3v) is 3.60. The zero-order valence-corrected chi connectivity index (χ0v) is 11.5. The van der Waals surface area contributed by atoms with Crippen molar-refractivity contribution in [3.8, 4) is 0 Å². The molecule has 92 valence electrons. The van der Waals surface area contributed by atoms with Crippen LogP contribution in [0, 0.1) is 5.92 Å². The van der Waals surface area contributed by atoms with Gasteiger partial charge in [-0.15, -0.1) is 0 Å². The molecule has 0 fully saturated rings. The lowest BCUT2D eigenvalue weighted by Gasteiger charge is -2.13. The van der Waals surface area contributed by atoms with Crippen molar-refractivity contribution in [1.82, 2.24) is 9.55 Å². The quantitative estimate of drug-likeness (QED) is 0.795. The maximum absolute atomic E-state index is 4.34. The van der Waals surface area contributed by atoms with Gasteiger partial charge in [0.1, 0.15) is 0 Å². The summed E-state index contributed by atoms with van der Waals surface area (Å²) < 4.78 is 2.20. The van der Waals surface area contributed by atoms with Crippen LogP contribution in [0.3, 0.4) is 0 Å². The van der Waals surface area contributed by atoms with Gasteiger partial charge in [0.25, 0.3) is 0 Å². The van der Waals surface area contributed by atoms with Gasteiger partial charge in [-0.3, -0.25) is 0 Å². The second kappa shape index (κ2) is 6.84. The van der Waals surface area contributed by atoms with Gasteiger partial charge in [0.2, 0.25) is 5.95 Å². The normalized spacial score (nSPS) is 13.1. The Kier molecular flexibility index (Phi) is 5.74. The minimum atomic E-state index is 0.648. The maximum Gasteiger partial charge on any atom is 0.202 e. The van der Waals surface area contributed by atoms with Crippen LogP contribution in [-0.2, 0) is 6.54 Å². The van der Waals surface area contributed by atoms with Crippen LogP contribution in [0.4, 0.5) is 5.95 Å². The number of imidazole rings is 1. The number of thioether (sulfide) groups is 1. The van der Waals surface area contributed by atoms with Gasteiger partial charge in [0.05, 0.1) is 0 Å². The average Bonchev–Trinajstić information content (AvgIpc) is 2.70. The molecule has 16 heavy (non-hydrogen) atoms. The summed E-state index contributed by atoms with van der Waals surface area (Å²) in [6.45, 7) is 8.70.